The van der Waals surface area contributed by atoms with E-state index < -0.39 is 9.84 Å². The van der Waals surface area contributed by atoms with E-state index in [0.717, 1.165) is 32.2 Å². The number of methoxy groups -OCH3 is 1. The van der Waals surface area contributed by atoms with Crippen LogP contribution in [0.25, 0.3) is 22.3 Å². The number of anilines is 1. The number of halogens is 3. The normalized spacial score (nSPS) is 17.7. The fourth-order valence-electron chi connectivity index (χ4n) is 4.72. The van der Waals surface area contributed by atoms with Gasteiger partial charge in [-0.15, -0.1) is 24.8 Å². The minimum atomic E-state index is -3.55. The summed E-state index contributed by atoms with van der Waals surface area (Å²) in [6.07, 6.45) is 6.66. The molecule has 1 aliphatic carbocycles. The molecule has 1 fully saturated rings. The molecule has 4 rings (SSSR count). The Morgan fingerprint density at radius 1 is 1.16 bits per heavy atom. The summed E-state index contributed by atoms with van der Waals surface area (Å²) >= 11 is 6.19. The predicted octanol–water partition coefficient (Wildman–Crippen LogP) is 5.44. The summed E-state index contributed by atoms with van der Waals surface area (Å²) in [5, 5.41) is 13.7. The van der Waals surface area contributed by atoms with E-state index in [4.69, 9.17) is 21.3 Å². The molecule has 2 heterocycles. The summed E-state index contributed by atoms with van der Waals surface area (Å²) in [7, 11) is 2.07. The first-order valence-electron chi connectivity index (χ1n) is 11.5. The van der Waals surface area contributed by atoms with E-state index in [2.05, 4.69) is 29.3 Å². The highest BCUT2D eigenvalue weighted by Gasteiger charge is 2.25. The van der Waals surface area contributed by atoms with E-state index in [0.29, 0.717) is 33.9 Å². The van der Waals surface area contributed by atoms with Crippen LogP contribution >= 0.6 is 36.4 Å². The Kier molecular flexibility index (Phi) is 10.7. The number of fused-ring (bicyclic) bond motifs is 1. The zero-order chi connectivity index (χ0) is 25.3. The lowest BCUT2D eigenvalue weighted by Gasteiger charge is -2.31. The van der Waals surface area contributed by atoms with Gasteiger partial charge in [-0.1, -0.05) is 11.6 Å². The van der Waals surface area contributed by atoms with Crippen LogP contribution in [0.15, 0.2) is 35.4 Å². The van der Waals surface area contributed by atoms with E-state index in [9.17, 15) is 13.5 Å². The number of hydrogen-bond acceptors (Lipinski definition) is 8. The highest BCUT2D eigenvalue weighted by molar-refractivity contribution is 7.90. The molecule has 0 radical (unpaired) electrons. The lowest BCUT2D eigenvalue weighted by molar-refractivity contribution is 0.255. The maximum absolute atomic E-state index is 12.7. The Balaban J connectivity index is 0.00000241. The maximum Gasteiger partial charge on any atom is 0.179 e. The summed E-state index contributed by atoms with van der Waals surface area (Å²) in [4.78, 5) is 11.5. The molecule has 0 saturated heterocycles. The van der Waals surface area contributed by atoms with Gasteiger partial charge < -0.3 is 20.1 Å². The van der Waals surface area contributed by atoms with Gasteiger partial charge in [0.25, 0.3) is 0 Å². The highest BCUT2D eigenvalue weighted by atomic mass is 35.5. The number of rotatable bonds is 7. The number of pyridine rings is 2. The maximum atomic E-state index is 12.7. The van der Waals surface area contributed by atoms with Crippen LogP contribution in [0.4, 0.5) is 5.69 Å². The number of aromatic hydroxyl groups is 1. The van der Waals surface area contributed by atoms with E-state index in [-0.39, 0.29) is 52.3 Å². The number of sulfone groups is 1. The SMILES string of the molecule is COc1cc(-c2ccc3ncc(S(C)(=O)=O)c(N[C@H]4CC[C@H](CN(C)C)CC4)c3n2)cc(Cl)c1O.Cl.Cl. The van der Waals surface area contributed by atoms with Crippen LogP contribution in [-0.2, 0) is 9.84 Å². The molecule has 8 nitrogen and oxygen atoms in total. The van der Waals surface area contributed by atoms with Gasteiger partial charge in [-0.25, -0.2) is 13.4 Å². The molecule has 2 aromatic heterocycles. The van der Waals surface area contributed by atoms with Crippen molar-refractivity contribution < 1.29 is 18.3 Å². The molecule has 0 atom stereocenters. The predicted molar refractivity (Wildman–Crippen MR) is 154 cm³/mol. The van der Waals surface area contributed by atoms with E-state index in [1.54, 1.807) is 24.3 Å². The van der Waals surface area contributed by atoms with Crippen LogP contribution in [-0.4, -0.2) is 68.4 Å². The third-order valence-electron chi connectivity index (χ3n) is 6.44. The molecule has 204 valence electrons. The Hall–Kier alpha value is -2.04. The first-order valence-corrected chi connectivity index (χ1v) is 13.8. The topological polar surface area (TPSA) is 105 Å². The van der Waals surface area contributed by atoms with Crippen LogP contribution in [0.3, 0.4) is 0 Å². The van der Waals surface area contributed by atoms with Crippen LogP contribution in [0, 0.1) is 5.92 Å². The largest absolute Gasteiger partial charge is 0.503 e. The molecule has 1 saturated carbocycles. The molecular formula is C25H33Cl3N4O4S. The molecular weight excluding hydrogens is 559 g/mol. The number of ether oxygens (including phenoxy) is 1. The summed E-state index contributed by atoms with van der Waals surface area (Å²) in [5.74, 6) is 0.725. The average Bonchev–Trinajstić information content (AvgIpc) is 2.80. The van der Waals surface area contributed by atoms with Crippen LogP contribution in [0.5, 0.6) is 11.5 Å². The first-order chi connectivity index (χ1) is 16.6. The Morgan fingerprint density at radius 3 is 2.43 bits per heavy atom. The lowest BCUT2D eigenvalue weighted by Crippen LogP contribution is -2.31. The van der Waals surface area contributed by atoms with Gasteiger partial charge in [0, 0.05) is 30.6 Å². The van der Waals surface area contributed by atoms with Gasteiger partial charge in [0.05, 0.1) is 29.0 Å². The summed E-state index contributed by atoms with van der Waals surface area (Å²) in [6.45, 7) is 1.06. The van der Waals surface area contributed by atoms with Crippen molar-refractivity contribution in [2.24, 2.45) is 5.92 Å². The minimum Gasteiger partial charge on any atom is -0.503 e. The van der Waals surface area contributed by atoms with E-state index >= 15 is 0 Å². The second kappa shape index (κ2) is 12.7. The molecule has 12 heteroatoms. The molecule has 1 aliphatic rings. The molecule has 1 aromatic carbocycles. The number of nitrogens with zero attached hydrogens (tertiary/aromatic N) is 3. The van der Waals surface area contributed by atoms with Crippen LogP contribution in [0.1, 0.15) is 25.7 Å². The standard InChI is InChI=1S/C25H31ClN4O4S.2ClH/c1-30(2)14-15-5-7-17(8-6-15)28-24-22(35(4,32)33)13-27-20-10-9-19(29-23(20)24)16-11-18(26)25(31)21(12-16)34-3;;/h9-13,15,17,31H,5-8,14H2,1-4H3,(H,27,28);2*1H/t15-,17-;;. The zero-order valence-electron chi connectivity index (χ0n) is 21.2. The Bertz CT molecular complexity index is 1350. The lowest BCUT2D eigenvalue weighted by atomic mass is 9.85. The van der Waals surface area contributed by atoms with Crippen LogP contribution in [0.2, 0.25) is 5.02 Å². The Labute approximate surface area is 235 Å². The van der Waals surface area contributed by atoms with Gasteiger partial charge in [-0.2, -0.15) is 0 Å². The molecule has 0 amide bonds. The molecule has 3 aromatic rings. The second-order valence-corrected chi connectivity index (χ2v) is 11.9. The number of phenols is 1. The fourth-order valence-corrected chi connectivity index (χ4v) is 5.70. The van der Waals surface area contributed by atoms with Crippen molar-refractivity contribution in [1.29, 1.82) is 0 Å². The third-order valence-corrected chi connectivity index (χ3v) is 7.84. The van der Waals surface area contributed by atoms with Gasteiger partial charge >= 0.3 is 0 Å². The van der Waals surface area contributed by atoms with E-state index in [1.165, 1.54) is 19.6 Å². The fraction of sp³-hybridized carbons (Fsp3) is 0.440. The quantitative estimate of drug-likeness (QED) is 0.374. The van der Waals surface area contributed by atoms with Crippen molar-refractivity contribution in [2.45, 2.75) is 36.6 Å². The third kappa shape index (κ3) is 7.09. The molecule has 2 N–H and O–H groups in total. The van der Waals surface area contributed by atoms with E-state index in [1.807, 2.05) is 0 Å². The summed E-state index contributed by atoms with van der Waals surface area (Å²) < 4.78 is 30.5. The first kappa shape index (κ1) is 31.2. The molecule has 0 bridgehead atoms. The summed E-state index contributed by atoms with van der Waals surface area (Å²) in [6, 6.07) is 6.97. The van der Waals surface area contributed by atoms with Crippen molar-refractivity contribution in [3.05, 3.63) is 35.5 Å². The average molecular weight is 592 g/mol. The minimum absolute atomic E-state index is 0. The Morgan fingerprint density at radius 2 is 1.84 bits per heavy atom. The van der Waals surface area contributed by atoms with Crippen molar-refractivity contribution in [3.63, 3.8) is 0 Å². The van der Waals surface area contributed by atoms with Crippen molar-refractivity contribution in [2.75, 3.05) is 39.3 Å². The highest BCUT2D eigenvalue weighted by Crippen LogP contribution is 2.39. The molecule has 0 unspecified atom stereocenters. The molecule has 0 spiro atoms. The second-order valence-electron chi connectivity index (χ2n) is 9.47. The van der Waals surface area contributed by atoms with Crippen molar-refractivity contribution in [1.82, 2.24) is 14.9 Å². The number of nitrogens with one attached hydrogen (secondary N) is 1. The van der Waals surface area contributed by atoms with Gasteiger partial charge in [0.1, 0.15) is 10.4 Å². The number of benzene rings is 1. The smallest absolute Gasteiger partial charge is 0.179 e. The van der Waals surface area contributed by atoms with Gasteiger partial charge in [-0.05, 0) is 70.0 Å². The van der Waals surface area contributed by atoms with Gasteiger partial charge in [0.2, 0.25) is 0 Å². The van der Waals surface area contributed by atoms with Crippen LogP contribution < -0.4 is 10.1 Å². The van der Waals surface area contributed by atoms with Crippen molar-refractivity contribution in [3.8, 4) is 22.8 Å². The monoisotopic (exact) mass is 590 g/mol. The van der Waals surface area contributed by atoms with Gasteiger partial charge in [0.15, 0.2) is 21.3 Å². The summed E-state index contributed by atoms with van der Waals surface area (Å²) in [5.41, 5.74) is 2.73. The van der Waals surface area contributed by atoms with Gasteiger partial charge in [-0.3, -0.25) is 4.98 Å². The number of hydrogen-bond donors (Lipinski definition) is 2. The molecule has 37 heavy (non-hydrogen) atoms. The number of aromatic nitrogens is 2. The number of phenolic OH excluding ortho intramolecular Hbond substituents is 1. The molecule has 0 aliphatic heterocycles. The van der Waals surface area contributed by atoms with Crippen molar-refractivity contribution >= 4 is 63.0 Å². The zero-order valence-corrected chi connectivity index (χ0v) is 24.4.